The van der Waals surface area contributed by atoms with Gasteiger partial charge in [-0.1, -0.05) is 100.0 Å². The number of hydrogen-bond donors (Lipinski definition) is 7. The van der Waals surface area contributed by atoms with Crippen molar-refractivity contribution in [3.63, 3.8) is 0 Å². The lowest BCUT2D eigenvalue weighted by Gasteiger charge is -2.11. The van der Waals surface area contributed by atoms with Gasteiger partial charge >= 0.3 is 39.4 Å². The molecular weight excluding hydrogens is 1910 g/mol. The van der Waals surface area contributed by atoms with E-state index in [2.05, 4.69) is 42.2 Å². The van der Waals surface area contributed by atoms with Gasteiger partial charge in [0.15, 0.2) is 23.1 Å². The van der Waals surface area contributed by atoms with Gasteiger partial charge in [-0.25, -0.2) is 56.1 Å². The average molecular weight is 2020 g/mol. The number of methoxy groups -OCH3 is 1. The highest BCUT2D eigenvalue weighted by molar-refractivity contribution is 7.98. The molecule has 15 rings (SSSR count). The number of carbonyl (C=O) groups is 7. The largest absolute Gasteiger partial charge is 0.494 e. The van der Waals surface area contributed by atoms with Gasteiger partial charge in [0, 0.05) is 100 Å². The molecule has 7 aromatic carbocycles. The van der Waals surface area contributed by atoms with E-state index in [9.17, 15) is 84.7 Å². The lowest BCUT2D eigenvalue weighted by molar-refractivity contribution is -0.122. The number of ether oxygens (including phenoxy) is 2. The lowest BCUT2D eigenvalue weighted by atomic mass is 10.1. The third-order valence-electron chi connectivity index (χ3n) is 19.7. The maximum absolute atomic E-state index is 13.8. The predicted molar refractivity (Wildman–Crippen MR) is 520 cm³/mol. The molecule has 46 heteroatoms. The summed E-state index contributed by atoms with van der Waals surface area (Å²) in [5, 5.41) is 18.6. The number of benzene rings is 7. The first kappa shape index (κ1) is 110. The fourth-order valence-electron chi connectivity index (χ4n) is 12.3. The van der Waals surface area contributed by atoms with Gasteiger partial charge in [-0.15, -0.1) is 11.8 Å². The van der Waals surface area contributed by atoms with E-state index in [1.165, 1.54) is 99.2 Å². The maximum atomic E-state index is 13.8. The summed E-state index contributed by atoms with van der Waals surface area (Å²) in [5.41, 5.74) is 4.50. The molecular formula is C97H102ClF4N17O23S. The molecule has 0 saturated carbocycles. The normalized spacial score (nSPS) is 10.5. The van der Waals surface area contributed by atoms with E-state index >= 15 is 0 Å². The summed E-state index contributed by atoms with van der Waals surface area (Å²) in [6, 6.07) is 40.8. The van der Waals surface area contributed by atoms with Gasteiger partial charge in [-0.05, 0) is 137 Å². The first-order valence-electron chi connectivity index (χ1n) is 43.6. The van der Waals surface area contributed by atoms with Gasteiger partial charge in [0.2, 0.25) is 41.4 Å². The Morgan fingerprint density at radius 3 is 0.944 bits per heavy atom. The molecule has 143 heavy (non-hydrogen) atoms. The van der Waals surface area contributed by atoms with Crippen molar-refractivity contribution in [3.8, 4) is 95.1 Å². The van der Waals surface area contributed by atoms with E-state index in [4.69, 9.17) is 52.7 Å². The number of carbonyl (C=O) groups excluding carboxylic acids is 7. The third-order valence-corrected chi connectivity index (χ3v) is 20.7. The van der Waals surface area contributed by atoms with Crippen LogP contribution in [0.1, 0.15) is 81.1 Å². The van der Waals surface area contributed by atoms with E-state index < -0.39 is 62.6 Å². The number of nitrogens with one attached hydrogen (secondary N) is 7. The Labute approximate surface area is 820 Å². The molecule has 7 amide bonds. The Hall–Kier alpha value is -17.1. The molecule has 0 fully saturated rings. The molecule has 8 heterocycles. The molecule has 7 N–H and O–H groups in total. The number of anilines is 1. The number of aromatic nitrogens is 9. The molecule has 0 unspecified atom stereocenters. The number of rotatable bonds is 31. The van der Waals surface area contributed by atoms with E-state index in [1.54, 1.807) is 120 Å². The molecule has 40 nitrogen and oxygen atoms in total. The highest BCUT2D eigenvalue weighted by Gasteiger charge is 2.20. The number of imidazole rings is 1. The minimum absolute atomic E-state index is 0.0174. The lowest BCUT2D eigenvalue weighted by Crippen LogP contribution is -2.24. The summed E-state index contributed by atoms with van der Waals surface area (Å²) in [6.07, 6.45) is 19.1. The molecule has 8 aromatic heterocycles. The fraction of sp³-hybridized carbons (Fsp3) is 0.247. The van der Waals surface area contributed by atoms with Gasteiger partial charge in [0.1, 0.15) is 58.3 Å². The monoisotopic (exact) mass is 2020 g/mol. The Kier molecular flexibility index (Phi) is 41.1. The molecule has 0 spiro atoms. The van der Waals surface area contributed by atoms with Crippen molar-refractivity contribution >= 4 is 70.4 Å². The van der Waals surface area contributed by atoms with Gasteiger partial charge in [0.25, 0.3) is 0 Å². The molecule has 0 aliphatic heterocycles. The first-order chi connectivity index (χ1) is 68.4. The van der Waals surface area contributed by atoms with Crippen LogP contribution in [0.5, 0.6) is 11.5 Å². The van der Waals surface area contributed by atoms with Crippen LogP contribution in [0.2, 0.25) is 5.02 Å². The topological polar surface area (TPSA) is 489 Å². The van der Waals surface area contributed by atoms with Crippen LogP contribution < -0.4 is 91.0 Å². The molecule has 0 radical (unpaired) electrons. The summed E-state index contributed by atoms with van der Waals surface area (Å²) in [6.45, 7) is 13.8. The van der Waals surface area contributed by atoms with Crippen molar-refractivity contribution in [3.05, 3.63) is 315 Å². The summed E-state index contributed by atoms with van der Waals surface area (Å²) >= 11 is 7.43. The Bertz CT molecular complexity index is 7240. The standard InChI is InChI=1S/C15H17FN2O4.C15H14N4O3.C14H15FN2O4.C14H17N3O3.C14H16N2O3S.C13H13ClN2O3.C12H10F2N2O3/c1-3-14(19)17-9-18-8-11(15(20)22-18)10-5-6-13(21-4-2)12(16)7-10;1-11(20)17-10-19-8-14(15(21)22-19)12-2-4-13(5-3-12)18-7-6-16-9-18;1-3-13(18)16-8-17-7-10(14(19)21-17)9-4-5-12(20-2)11(15)6-9;1-10(18)15-9-17-8-13(14(19)20-17)11-4-6-12(7-5-11)16(2)3;1-3-13(17)15-9-16-8-12(14(18)19-16)10-4-6-11(20-2)7-5-10;1-2-12(17)15-8-16-7-11(13(18)19-16)9-3-5-10(14)6-4-9;1-7(17)15-6-16-5-11(12(18)19-16)8-2-9(13)4-10(14)3-8/h5-8H,3-4,9H2,1-2H3,(H,17,19);2-9H,10H2,1H3,(H,17,20);4-7H,3,8H2,1-2H3,(H,16,18);4-8H,9H2,1-3H3,(H,15,18);4-8H,3,9H2,1-2H3,(H,15,17);3-7H,2,8H2,1H3,(H,15,17);2-5H,6H2,1H3,(H,15,17). The van der Waals surface area contributed by atoms with Crippen LogP contribution in [0.3, 0.4) is 0 Å². The number of amides is 7. The van der Waals surface area contributed by atoms with E-state index in [1.807, 2.05) is 109 Å². The molecule has 0 aliphatic rings. The second kappa shape index (κ2) is 53.7. The SMILES string of the molecule is CC(=O)NCn1cc(-c2cc(F)cc(F)c2)c(=O)o1.CC(=O)NCn1cc(-c2ccc(-n3ccnc3)cc2)c(=O)o1.CC(=O)NCn1cc(-c2ccc(N(C)C)cc2)c(=O)o1.CCC(=O)NCn1cc(-c2ccc(Cl)cc2)c(=O)o1.CCC(=O)NCn1cc(-c2ccc(OC)c(F)c2)c(=O)o1.CCC(=O)NCn1cc(-c2ccc(SC)cc2)c(=O)o1.CCOc1ccc(-c2cn(CNC(=O)CC)oc2=O)cc1F. The smallest absolute Gasteiger partial charge is 0.365 e. The minimum Gasteiger partial charge on any atom is -0.494 e. The van der Waals surface area contributed by atoms with Crippen molar-refractivity contribution in [1.29, 1.82) is 0 Å². The zero-order valence-corrected chi connectivity index (χ0v) is 80.9. The van der Waals surface area contributed by atoms with Crippen molar-refractivity contribution < 1.29 is 92.3 Å². The van der Waals surface area contributed by atoms with Crippen LogP contribution in [-0.4, -0.2) is 118 Å². The Morgan fingerprint density at radius 1 is 0.378 bits per heavy atom. The van der Waals surface area contributed by atoms with E-state index in [-0.39, 0.29) is 122 Å². The zero-order valence-electron chi connectivity index (χ0n) is 79.4. The van der Waals surface area contributed by atoms with Crippen LogP contribution in [0.15, 0.2) is 284 Å². The van der Waals surface area contributed by atoms with Crippen LogP contribution >= 0.6 is 23.4 Å². The molecule has 754 valence electrons. The summed E-state index contributed by atoms with van der Waals surface area (Å²) in [4.78, 5) is 167. The molecule has 0 aliphatic carbocycles. The summed E-state index contributed by atoms with van der Waals surface area (Å²) < 4.78 is 109. The van der Waals surface area contributed by atoms with Crippen LogP contribution in [0, 0.1) is 23.3 Å². The summed E-state index contributed by atoms with van der Waals surface area (Å²) in [7, 11) is 5.26. The first-order valence-corrected chi connectivity index (χ1v) is 45.2. The number of hydrogen-bond acceptors (Lipinski definition) is 26. The van der Waals surface area contributed by atoms with Crippen molar-refractivity contribution in [2.75, 3.05) is 39.0 Å². The van der Waals surface area contributed by atoms with Gasteiger partial charge in [-0.3, -0.25) is 33.6 Å². The van der Waals surface area contributed by atoms with Crippen molar-refractivity contribution in [2.24, 2.45) is 0 Å². The quantitative estimate of drug-likeness (QED) is 0.0157. The molecule has 15 aromatic rings. The van der Waals surface area contributed by atoms with Crippen LogP contribution in [0.4, 0.5) is 23.2 Å². The highest BCUT2D eigenvalue weighted by atomic mass is 35.5. The predicted octanol–water partition coefficient (Wildman–Crippen LogP) is 12.6. The van der Waals surface area contributed by atoms with Crippen LogP contribution in [0.25, 0.3) is 83.6 Å². The van der Waals surface area contributed by atoms with Gasteiger partial charge < -0.3 is 87.8 Å². The maximum Gasteiger partial charge on any atom is 0.365 e. The minimum atomic E-state index is -0.788. The third kappa shape index (κ3) is 33.3. The molecule has 0 bridgehead atoms. The van der Waals surface area contributed by atoms with E-state index in [0.717, 1.165) is 55.4 Å². The van der Waals surface area contributed by atoms with Crippen molar-refractivity contribution in [2.45, 2.75) is 133 Å². The molecule has 0 saturated heterocycles. The van der Waals surface area contributed by atoms with Gasteiger partial charge in [0.05, 0.1) is 102 Å². The Balaban J connectivity index is 0.000000186. The second-order valence-corrected chi connectivity index (χ2v) is 31.6. The second-order valence-electron chi connectivity index (χ2n) is 30.3. The Morgan fingerprint density at radius 2 is 0.664 bits per heavy atom. The highest BCUT2D eigenvalue weighted by Crippen LogP contribution is 2.29. The number of nitrogens with zero attached hydrogens (tertiary/aromatic N) is 10. The average Bonchev–Trinajstić information content (AvgIpc) is 1.71. The number of halogens is 5. The van der Waals surface area contributed by atoms with E-state index in [0.29, 0.717) is 76.8 Å². The summed E-state index contributed by atoms with van der Waals surface area (Å²) in [5.74, 6) is -3.66. The van der Waals surface area contributed by atoms with Crippen LogP contribution in [-0.2, 0) is 80.2 Å². The molecule has 0 atom stereocenters. The number of thioether (sulfide) groups is 1. The fourth-order valence-corrected chi connectivity index (χ4v) is 12.9. The van der Waals surface area contributed by atoms with Gasteiger partial charge in [-0.2, -0.15) is 33.2 Å². The van der Waals surface area contributed by atoms with Crippen molar-refractivity contribution in [1.82, 2.24) is 79.9 Å². The zero-order chi connectivity index (χ0) is 104.